The van der Waals surface area contributed by atoms with Gasteiger partial charge in [0.15, 0.2) is 0 Å². The molecule has 3 fully saturated rings. The van der Waals surface area contributed by atoms with Gasteiger partial charge in [0.25, 0.3) is 0 Å². The minimum absolute atomic E-state index is 0.169. The van der Waals surface area contributed by atoms with Crippen LogP contribution in [0.5, 0.6) is 0 Å². The Kier molecular flexibility index (Phi) is 8.43. The molecule has 0 radical (unpaired) electrons. The van der Waals surface area contributed by atoms with Gasteiger partial charge in [0.2, 0.25) is 11.8 Å². The van der Waals surface area contributed by atoms with E-state index in [0.29, 0.717) is 37.9 Å². The molecule has 4 rings (SSSR count). The van der Waals surface area contributed by atoms with E-state index in [2.05, 4.69) is 20.1 Å². The Morgan fingerprint density at radius 3 is 2.63 bits per heavy atom. The van der Waals surface area contributed by atoms with Crippen molar-refractivity contribution in [1.82, 2.24) is 9.80 Å². The summed E-state index contributed by atoms with van der Waals surface area (Å²) in [7, 11) is 0. The van der Waals surface area contributed by atoms with Gasteiger partial charge in [-0.1, -0.05) is 55.8 Å². The van der Waals surface area contributed by atoms with E-state index in [1.54, 1.807) is 17.1 Å². The predicted octanol–water partition coefficient (Wildman–Crippen LogP) is 3.42. The number of carbonyl (C=O) groups is 3. The van der Waals surface area contributed by atoms with Gasteiger partial charge in [-0.3, -0.25) is 14.4 Å². The molecule has 3 saturated heterocycles. The molecule has 2 amide bonds. The summed E-state index contributed by atoms with van der Waals surface area (Å²) in [5.41, 5.74) is -1.38. The Balaban J connectivity index is 1.81. The van der Waals surface area contributed by atoms with Crippen LogP contribution < -0.4 is 0 Å². The second-order valence-corrected chi connectivity index (χ2v) is 10.8. The van der Waals surface area contributed by atoms with Gasteiger partial charge in [0.05, 0.1) is 30.8 Å². The molecule has 8 nitrogen and oxygen atoms in total. The van der Waals surface area contributed by atoms with E-state index in [9.17, 15) is 19.5 Å². The maximum absolute atomic E-state index is 14.4. The molecule has 0 aliphatic carbocycles. The third-order valence-corrected chi connectivity index (χ3v) is 8.40. The first-order valence-corrected chi connectivity index (χ1v) is 13.6. The van der Waals surface area contributed by atoms with E-state index >= 15 is 0 Å². The zero-order valence-electron chi connectivity index (χ0n) is 22.5. The van der Waals surface area contributed by atoms with Crippen molar-refractivity contribution >= 4 is 17.8 Å². The normalized spacial score (nSPS) is 30.1. The summed E-state index contributed by atoms with van der Waals surface area (Å²) in [5, 5.41) is 10.6. The van der Waals surface area contributed by atoms with Gasteiger partial charge < -0.3 is 24.4 Å². The summed E-state index contributed by atoms with van der Waals surface area (Å²) in [6.45, 7) is 12.0. The SMILES string of the molecule is C=CCCOC(=O)[C@@H]1[C@H]2C(=O)N([C@H](CO)c3ccccc3)C(C(=O)N(CC=C)CCCC)C23CC[C@@]1(C)O3. The molecule has 1 aromatic rings. The van der Waals surface area contributed by atoms with Crippen LogP contribution in [0.15, 0.2) is 55.6 Å². The topological polar surface area (TPSA) is 96.4 Å². The van der Waals surface area contributed by atoms with Crippen LogP contribution in [-0.4, -0.2) is 76.2 Å². The molecule has 206 valence electrons. The summed E-state index contributed by atoms with van der Waals surface area (Å²) in [4.78, 5) is 45.3. The molecule has 3 aliphatic heterocycles. The Labute approximate surface area is 225 Å². The highest BCUT2D eigenvalue weighted by Gasteiger charge is 2.79. The van der Waals surface area contributed by atoms with Crippen molar-refractivity contribution in [3.05, 3.63) is 61.2 Å². The van der Waals surface area contributed by atoms with Crippen molar-refractivity contribution in [2.24, 2.45) is 11.8 Å². The molecule has 3 heterocycles. The number of esters is 1. The quantitative estimate of drug-likeness (QED) is 0.241. The van der Waals surface area contributed by atoms with Gasteiger partial charge >= 0.3 is 5.97 Å². The molecule has 0 aromatic heterocycles. The van der Waals surface area contributed by atoms with Crippen molar-refractivity contribution in [2.75, 3.05) is 26.3 Å². The predicted molar refractivity (Wildman–Crippen MR) is 143 cm³/mol. The molecule has 0 saturated carbocycles. The van der Waals surface area contributed by atoms with Crippen molar-refractivity contribution in [3.63, 3.8) is 0 Å². The summed E-state index contributed by atoms with van der Waals surface area (Å²) >= 11 is 0. The van der Waals surface area contributed by atoms with Crippen molar-refractivity contribution in [1.29, 1.82) is 0 Å². The minimum atomic E-state index is -1.18. The summed E-state index contributed by atoms with van der Waals surface area (Å²) < 4.78 is 12.2. The first-order chi connectivity index (χ1) is 18.3. The molecule has 1 aromatic carbocycles. The van der Waals surface area contributed by atoms with Crippen molar-refractivity contribution in [2.45, 2.75) is 69.2 Å². The number of benzene rings is 1. The fraction of sp³-hybridized carbons (Fsp3) is 0.567. The lowest BCUT2D eigenvalue weighted by molar-refractivity contribution is -0.162. The zero-order chi connectivity index (χ0) is 27.5. The number of rotatable bonds is 13. The van der Waals surface area contributed by atoms with Crippen molar-refractivity contribution < 1.29 is 29.0 Å². The van der Waals surface area contributed by atoms with E-state index in [1.165, 1.54) is 4.90 Å². The summed E-state index contributed by atoms with van der Waals surface area (Å²) in [6.07, 6.45) is 6.54. The van der Waals surface area contributed by atoms with Crippen LogP contribution in [-0.2, 0) is 23.9 Å². The van der Waals surface area contributed by atoms with Crippen LogP contribution in [0, 0.1) is 11.8 Å². The Bertz CT molecular complexity index is 1060. The lowest BCUT2D eigenvalue weighted by Gasteiger charge is -2.39. The van der Waals surface area contributed by atoms with Gasteiger partial charge in [-0.15, -0.1) is 13.2 Å². The third-order valence-electron chi connectivity index (χ3n) is 8.40. The van der Waals surface area contributed by atoms with Crippen LogP contribution in [0.1, 0.15) is 57.6 Å². The highest BCUT2D eigenvalue weighted by molar-refractivity contribution is 5.98. The highest BCUT2D eigenvalue weighted by Crippen LogP contribution is 2.64. The second kappa shape index (κ2) is 11.4. The van der Waals surface area contributed by atoms with E-state index in [-0.39, 0.29) is 25.0 Å². The maximum Gasteiger partial charge on any atom is 0.312 e. The van der Waals surface area contributed by atoms with E-state index in [4.69, 9.17) is 9.47 Å². The fourth-order valence-corrected chi connectivity index (χ4v) is 6.67. The number of carbonyl (C=O) groups excluding carboxylic acids is 3. The molecule has 3 aliphatic rings. The summed E-state index contributed by atoms with van der Waals surface area (Å²) in [5.74, 6) is -2.80. The van der Waals surface area contributed by atoms with Crippen LogP contribution in [0.2, 0.25) is 0 Å². The molecule has 1 N–H and O–H groups in total. The van der Waals surface area contributed by atoms with Crippen LogP contribution >= 0.6 is 0 Å². The standard InChI is InChI=1S/C30H40N2O6/c1-5-8-18-31(17-7-3)27(35)25-30-16-15-29(4,38-30)24(28(36)37-19-9-6-2)23(30)26(34)32(25)22(20-33)21-13-11-10-12-14-21/h6-7,10-14,22-25,33H,2-3,5,8-9,15-20H2,1,4H3/t22-,23+,24+,25?,29-,30?/m1/s1. The number of aliphatic hydroxyl groups excluding tert-OH is 1. The van der Waals surface area contributed by atoms with Crippen LogP contribution in [0.25, 0.3) is 0 Å². The number of hydrogen-bond acceptors (Lipinski definition) is 6. The molecular formula is C30H40N2O6. The highest BCUT2D eigenvalue weighted by atomic mass is 16.6. The largest absolute Gasteiger partial charge is 0.465 e. The lowest BCUT2D eigenvalue weighted by atomic mass is 9.66. The fourth-order valence-electron chi connectivity index (χ4n) is 6.67. The first kappa shape index (κ1) is 28.0. The lowest BCUT2D eigenvalue weighted by Crippen LogP contribution is -2.57. The number of fused-ring (bicyclic) bond motifs is 1. The number of hydrogen-bond donors (Lipinski definition) is 1. The molecule has 2 bridgehead atoms. The van der Waals surface area contributed by atoms with E-state index < -0.39 is 41.1 Å². The zero-order valence-corrected chi connectivity index (χ0v) is 22.5. The number of amides is 2. The van der Waals surface area contributed by atoms with Gasteiger partial charge in [-0.25, -0.2) is 0 Å². The van der Waals surface area contributed by atoms with Gasteiger partial charge in [0, 0.05) is 13.1 Å². The second-order valence-electron chi connectivity index (χ2n) is 10.8. The molecular weight excluding hydrogens is 484 g/mol. The number of unbranched alkanes of at least 4 members (excludes halogenated alkanes) is 1. The number of nitrogens with zero attached hydrogens (tertiary/aromatic N) is 2. The van der Waals surface area contributed by atoms with Crippen LogP contribution in [0.3, 0.4) is 0 Å². The smallest absolute Gasteiger partial charge is 0.312 e. The van der Waals surface area contributed by atoms with Gasteiger partial charge in [-0.2, -0.15) is 0 Å². The van der Waals surface area contributed by atoms with E-state index in [0.717, 1.165) is 12.8 Å². The number of ether oxygens (including phenoxy) is 2. The average molecular weight is 525 g/mol. The average Bonchev–Trinajstić information content (AvgIpc) is 3.48. The number of likely N-dealkylation sites (tertiary alicyclic amines) is 1. The molecule has 38 heavy (non-hydrogen) atoms. The Morgan fingerprint density at radius 2 is 2.00 bits per heavy atom. The molecule has 6 atom stereocenters. The summed E-state index contributed by atoms with van der Waals surface area (Å²) in [6, 6.07) is 7.45. The molecule has 1 spiro atoms. The van der Waals surface area contributed by atoms with Crippen LogP contribution in [0.4, 0.5) is 0 Å². The Hall–Kier alpha value is -2.97. The van der Waals surface area contributed by atoms with Gasteiger partial charge in [0.1, 0.15) is 17.6 Å². The molecule has 8 heteroatoms. The third kappa shape index (κ3) is 4.58. The molecule has 2 unspecified atom stereocenters. The maximum atomic E-state index is 14.4. The van der Waals surface area contributed by atoms with E-state index in [1.807, 2.05) is 37.3 Å². The monoisotopic (exact) mass is 524 g/mol. The number of aliphatic hydroxyl groups is 1. The minimum Gasteiger partial charge on any atom is -0.465 e. The first-order valence-electron chi connectivity index (χ1n) is 13.6. The van der Waals surface area contributed by atoms with Gasteiger partial charge in [-0.05, 0) is 38.2 Å². The Morgan fingerprint density at radius 1 is 1.26 bits per heavy atom. The van der Waals surface area contributed by atoms with Crippen molar-refractivity contribution in [3.8, 4) is 0 Å².